The van der Waals surface area contributed by atoms with Crippen LogP contribution in [0.1, 0.15) is 24.0 Å². The van der Waals surface area contributed by atoms with Gasteiger partial charge in [0.05, 0.1) is 11.9 Å². The van der Waals surface area contributed by atoms with Crippen LogP contribution in [0.15, 0.2) is 24.3 Å². The number of sulfonamides is 1. The third kappa shape index (κ3) is 4.28. The molecule has 1 aliphatic rings. The van der Waals surface area contributed by atoms with Crippen LogP contribution in [-0.4, -0.2) is 34.7 Å². The molecule has 0 amide bonds. The Labute approximate surface area is 120 Å². The van der Waals surface area contributed by atoms with E-state index >= 15 is 0 Å². The first kappa shape index (κ1) is 15.4. The average Bonchev–Trinajstić information content (AvgIpc) is 2.36. The molecule has 5 nitrogen and oxygen atoms in total. The van der Waals surface area contributed by atoms with Crippen LogP contribution in [0.4, 0.5) is 0 Å². The smallest absolute Gasteiger partial charge is 0.216 e. The molecule has 0 atom stereocenters. The fourth-order valence-corrected chi connectivity index (χ4v) is 3.74. The van der Waals surface area contributed by atoms with Gasteiger partial charge in [-0.15, -0.1) is 0 Å². The fourth-order valence-electron chi connectivity index (χ4n) is 2.33. The molecule has 1 aromatic rings. The zero-order chi connectivity index (χ0) is 14.6. The predicted octanol–water partition coefficient (Wildman–Crippen LogP) is 1.00. The van der Waals surface area contributed by atoms with Crippen LogP contribution in [0.25, 0.3) is 0 Å². The van der Waals surface area contributed by atoms with Gasteiger partial charge < -0.3 is 10.1 Å². The third-order valence-electron chi connectivity index (χ3n) is 3.53. The number of benzene rings is 1. The maximum Gasteiger partial charge on any atom is 0.216 e. The molecular formula is C14H22N2O3S. The number of ether oxygens (including phenoxy) is 1. The van der Waals surface area contributed by atoms with Crippen LogP contribution in [0.5, 0.6) is 0 Å². The quantitative estimate of drug-likeness (QED) is 0.788. The Hall–Kier alpha value is -0.950. The molecule has 20 heavy (non-hydrogen) atoms. The highest BCUT2D eigenvalue weighted by Gasteiger charge is 2.32. The van der Waals surface area contributed by atoms with Gasteiger partial charge in [-0.2, -0.15) is 0 Å². The van der Waals surface area contributed by atoms with Crippen molar-refractivity contribution in [3.05, 3.63) is 35.4 Å². The number of methoxy groups -OCH3 is 1. The summed E-state index contributed by atoms with van der Waals surface area (Å²) in [6.45, 7) is 0.783. The van der Waals surface area contributed by atoms with E-state index in [9.17, 15) is 8.42 Å². The zero-order valence-corrected chi connectivity index (χ0v) is 12.7. The summed E-state index contributed by atoms with van der Waals surface area (Å²) < 4.78 is 32.0. The Bertz CT molecular complexity index is 522. The predicted molar refractivity (Wildman–Crippen MR) is 78.8 cm³/mol. The van der Waals surface area contributed by atoms with Crippen molar-refractivity contribution in [2.75, 3.05) is 14.2 Å². The molecule has 0 aromatic heterocycles. The summed E-state index contributed by atoms with van der Waals surface area (Å²) in [5.41, 5.74) is 1.95. The summed E-state index contributed by atoms with van der Waals surface area (Å²) in [6.07, 6.45) is 1.72. The van der Waals surface area contributed by atoms with Crippen LogP contribution >= 0.6 is 0 Å². The molecule has 0 radical (unpaired) electrons. The van der Waals surface area contributed by atoms with E-state index in [1.165, 1.54) is 0 Å². The van der Waals surface area contributed by atoms with E-state index in [1.54, 1.807) is 7.11 Å². The Morgan fingerprint density at radius 1 is 1.20 bits per heavy atom. The van der Waals surface area contributed by atoms with Gasteiger partial charge in [0.2, 0.25) is 10.0 Å². The SMILES string of the molecule is CNCc1ccc(CS(=O)(=O)NC2CC(OC)C2)cc1. The molecule has 0 unspecified atom stereocenters. The highest BCUT2D eigenvalue weighted by Crippen LogP contribution is 2.23. The van der Waals surface area contributed by atoms with Crippen molar-refractivity contribution in [2.45, 2.75) is 37.3 Å². The molecule has 1 fully saturated rings. The Morgan fingerprint density at radius 3 is 2.35 bits per heavy atom. The molecule has 0 spiro atoms. The van der Waals surface area contributed by atoms with Gasteiger partial charge in [0.25, 0.3) is 0 Å². The Kier molecular flexibility index (Phi) is 5.15. The van der Waals surface area contributed by atoms with E-state index in [2.05, 4.69) is 10.0 Å². The molecule has 0 heterocycles. The lowest BCUT2D eigenvalue weighted by atomic mass is 9.90. The Morgan fingerprint density at radius 2 is 1.80 bits per heavy atom. The molecule has 1 aliphatic carbocycles. The maximum absolute atomic E-state index is 12.0. The monoisotopic (exact) mass is 298 g/mol. The minimum atomic E-state index is -3.27. The number of nitrogens with one attached hydrogen (secondary N) is 2. The summed E-state index contributed by atoms with van der Waals surface area (Å²) in [6, 6.07) is 7.65. The first-order valence-corrected chi connectivity index (χ1v) is 8.43. The molecule has 2 N–H and O–H groups in total. The second-order valence-electron chi connectivity index (χ2n) is 5.25. The maximum atomic E-state index is 12.0. The molecule has 112 valence electrons. The van der Waals surface area contributed by atoms with E-state index in [0.717, 1.165) is 30.5 Å². The van der Waals surface area contributed by atoms with Crippen molar-refractivity contribution in [1.29, 1.82) is 0 Å². The Balaban J connectivity index is 1.88. The van der Waals surface area contributed by atoms with E-state index in [4.69, 9.17) is 4.74 Å². The van der Waals surface area contributed by atoms with Crippen molar-refractivity contribution in [3.8, 4) is 0 Å². The largest absolute Gasteiger partial charge is 0.381 e. The lowest BCUT2D eigenvalue weighted by molar-refractivity contribution is 0.0236. The third-order valence-corrected chi connectivity index (χ3v) is 4.94. The van der Waals surface area contributed by atoms with E-state index < -0.39 is 10.0 Å². The molecule has 2 rings (SSSR count). The average molecular weight is 298 g/mol. The summed E-state index contributed by atoms with van der Waals surface area (Å²) in [5, 5.41) is 3.06. The van der Waals surface area contributed by atoms with Crippen molar-refractivity contribution in [1.82, 2.24) is 10.0 Å². The van der Waals surface area contributed by atoms with Crippen molar-refractivity contribution in [2.24, 2.45) is 0 Å². The first-order chi connectivity index (χ1) is 9.52. The second-order valence-corrected chi connectivity index (χ2v) is 7.00. The van der Waals surface area contributed by atoms with Gasteiger partial charge in [0, 0.05) is 19.7 Å². The summed E-state index contributed by atoms with van der Waals surface area (Å²) >= 11 is 0. The number of hydrogen-bond acceptors (Lipinski definition) is 4. The highest BCUT2D eigenvalue weighted by atomic mass is 32.2. The first-order valence-electron chi connectivity index (χ1n) is 6.77. The minimum Gasteiger partial charge on any atom is -0.381 e. The topological polar surface area (TPSA) is 67.4 Å². The van der Waals surface area contributed by atoms with E-state index in [-0.39, 0.29) is 17.9 Å². The van der Waals surface area contributed by atoms with Crippen LogP contribution in [-0.2, 0) is 27.1 Å². The van der Waals surface area contributed by atoms with E-state index in [1.807, 2.05) is 31.3 Å². The highest BCUT2D eigenvalue weighted by molar-refractivity contribution is 7.88. The summed E-state index contributed by atoms with van der Waals surface area (Å²) in [5.74, 6) is 0.0288. The van der Waals surface area contributed by atoms with Gasteiger partial charge in [-0.3, -0.25) is 0 Å². The van der Waals surface area contributed by atoms with Gasteiger partial charge in [-0.25, -0.2) is 13.1 Å². The normalized spacial score (nSPS) is 22.5. The van der Waals surface area contributed by atoms with Crippen molar-refractivity contribution in [3.63, 3.8) is 0 Å². The molecule has 1 saturated carbocycles. The van der Waals surface area contributed by atoms with Crippen molar-refractivity contribution >= 4 is 10.0 Å². The van der Waals surface area contributed by atoms with Crippen molar-refractivity contribution < 1.29 is 13.2 Å². The molecule has 6 heteroatoms. The molecule has 1 aromatic carbocycles. The molecule has 0 saturated heterocycles. The summed E-state index contributed by atoms with van der Waals surface area (Å²) in [4.78, 5) is 0. The van der Waals surface area contributed by atoms with Gasteiger partial charge in [-0.05, 0) is 31.0 Å². The van der Waals surface area contributed by atoms with Crippen LogP contribution in [0.3, 0.4) is 0 Å². The van der Waals surface area contributed by atoms with Gasteiger partial charge in [0.15, 0.2) is 0 Å². The molecule has 0 aliphatic heterocycles. The second kappa shape index (κ2) is 6.67. The standard InChI is InChI=1S/C14H22N2O3S/c1-15-9-11-3-5-12(6-4-11)10-20(17,18)16-13-7-14(8-13)19-2/h3-6,13-16H,7-10H2,1-2H3. The lowest BCUT2D eigenvalue weighted by Crippen LogP contribution is -2.47. The van der Waals surface area contributed by atoms with Crippen LogP contribution in [0, 0.1) is 0 Å². The van der Waals surface area contributed by atoms with Crippen LogP contribution < -0.4 is 10.0 Å². The van der Waals surface area contributed by atoms with E-state index in [0.29, 0.717) is 0 Å². The number of rotatable bonds is 7. The number of hydrogen-bond donors (Lipinski definition) is 2. The molecule has 0 bridgehead atoms. The van der Waals surface area contributed by atoms with Gasteiger partial charge in [0.1, 0.15) is 0 Å². The minimum absolute atomic E-state index is 0.0218. The van der Waals surface area contributed by atoms with Gasteiger partial charge in [-0.1, -0.05) is 24.3 Å². The van der Waals surface area contributed by atoms with Gasteiger partial charge >= 0.3 is 0 Å². The van der Waals surface area contributed by atoms with Crippen LogP contribution in [0.2, 0.25) is 0 Å². The molecular weight excluding hydrogens is 276 g/mol. The summed E-state index contributed by atoms with van der Waals surface area (Å²) in [7, 11) is 0.265. The lowest BCUT2D eigenvalue weighted by Gasteiger charge is -2.34. The zero-order valence-electron chi connectivity index (χ0n) is 11.9. The fraction of sp³-hybridized carbons (Fsp3) is 0.571.